The summed E-state index contributed by atoms with van der Waals surface area (Å²) in [7, 11) is 1.66. The van der Waals surface area contributed by atoms with Crippen molar-refractivity contribution in [3.63, 3.8) is 0 Å². The van der Waals surface area contributed by atoms with Gasteiger partial charge in [-0.25, -0.2) is 4.98 Å². The first-order valence-corrected chi connectivity index (χ1v) is 8.18. The van der Waals surface area contributed by atoms with Crippen molar-refractivity contribution < 1.29 is 4.79 Å². The molecule has 1 heterocycles. The molecule has 0 unspecified atom stereocenters. The molecule has 2 aromatic carbocycles. The third-order valence-electron chi connectivity index (χ3n) is 4.48. The summed E-state index contributed by atoms with van der Waals surface area (Å²) in [6, 6.07) is 11.7. The Balaban J connectivity index is 1.93. The Labute approximate surface area is 146 Å². The fourth-order valence-electron chi connectivity index (χ4n) is 2.70. The Bertz CT molecular complexity index is 1020. The smallest absolute Gasteiger partial charge is 0.282 e. The zero-order chi connectivity index (χ0) is 18.1. The monoisotopic (exact) mass is 335 g/mol. The van der Waals surface area contributed by atoms with E-state index in [1.54, 1.807) is 7.05 Å². The molecular formula is C20H21N3O2. The quantitative estimate of drug-likeness (QED) is 0.800. The standard InChI is InChI=1S/C20H21N3O2/c1-12-5-7-15(8-6-12)11-21-19(24)18-20(25)23(4)17-10-14(3)13(2)9-16(17)22-18/h5-10H,11H2,1-4H3,(H,21,24). The van der Waals surface area contributed by atoms with E-state index in [-0.39, 0.29) is 5.69 Å². The summed E-state index contributed by atoms with van der Waals surface area (Å²) in [5, 5.41) is 2.78. The van der Waals surface area contributed by atoms with Crippen molar-refractivity contribution in [1.82, 2.24) is 14.9 Å². The van der Waals surface area contributed by atoms with Crippen molar-refractivity contribution in [3.05, 3.63) is 74.7 Å². The van der Waals surface area contributed by atoms with E-state index in [4.69, 9.17) is 0 Å². The van der Waals surface area contributed by atoms with Gasteiger partial charge in [0, 0.05) is 13.6 Å². The van der Waals surface area contributed by atoms with Crippen LogP contribution in [0.3, 0.4) is 0 Å². The first-order valence-electron chi connectivity index (χ1n) is 8.18. The number of fused-ring (bicyclic) bond motifs is 1. The fourth-order valence-corrected chi connectivity index (χ4v) is 2.70. The van der Waals surface area contributed by atoms with Gasteiger partial charge in [-0.2, -0.15) is 0 Å². The van der Waals surface area contributed by atoms with E-state index in [0.717, 1.165) is 27.8 Å². The number of rotatable bonds is 3. The van der Waals surface area contributed by atoms with Crippen LogP contribution in [0.1, 0.15) is 32.7 Å². The number of carbonyl (C=O) groups is 1. The molecule has 0 bridgehead atoms. The first-order chi connectivity index (χ1) is 11.9. The van der Waals surface area contributed by atoms with Gasteiger partial charge in [0.15, 0.2) is 5.69 Å². The number of amides is 1. The number of benzene rings is 2. The van der Waals surface area contributed by atoms with Crippen LogP contribution in [0, 0.1) is 20.8 Å². The van der Waals surface area contributed by atoms with Crippen LogP contribution in [0.2, 0.25) is 0 Å². The highest BCUT2D eigenvalue weighted by Crippen LogP contribution is 2.16. The molecule has 0 radical (unpaired) electrons. The molecule has 0 spiro atoms. The minimum Gasteiger partial charge on any atom is -0.346 e. The molecule has 0 saturated heterocycles. The predicted molar refractivity (Wildman–Crippen MR) is 98.8 cm³/mol. The summed E-state index contributed by atoms with van der Waals surface area (Å²) < 4.78 is 1.48. The van der Waals surface area contributed by atoms with Crippen LogP contribution in [0.15, 0.2) is 41.2 Å². The Morgan fingerprint density at radius 3 is 2.40 bits per heavy atom. The van der Waals surface area contributed by atoms with Crippen molar-refractivity contribution in [1.29, 1.82) is 0 Å². The molecule has 5 nitrogen and oxygen atoms in total. The zero-order valence-corrected chi connectivity index (χ0v) is 14.9. The molecule has 25 heavy (non-hydrogen) atoms. The average Bonchev–Trinajstić information content (AvgIpc) is 2.59. The first kappa shape index (κ1) is 16.9. The predicted octanol–water partition coefficient (Wildman–Crippen LogP) is 2.79. The summed E-state index contributed by atoms with van der Waals surface area (Å²) in [6.07, 6.45) is 0. The summed E-state index contributed by atoms with van der Waals surface area (Å²) in [5.41, 5.74) is 5.19. The largest absolute Gasteiger partial charge is 0.346 e. The van der Waals surface area contributed by atoms with Crippen molar-refractivity contribution in [3.8, 4) is 0 Å². The second-order valence-electron chi connectivity index (χ2n) is 6.42. The maximum Gasteiger partial charge on any atom is 0.282 e. The Hall–Kier alpha value is -2.95. The Morgan fingerprint density at radius 1 is 1.08 bits per heavy atom. The van der Waals surface area contributed by atoms with E-state index in [1.165, 1.54) is 4.57 Å². The van der Waals surface area contributed by atoms with E-state index in [1.807, 2.05) is 57.2 Å². The van der Waals surface area contributed by atoms with Crippen molar-refractivity contribution in [2.75, 3.05) is 0 Å². The van der Waals surface area contributed by atoms with Gasteiger partial charge >= 0.3 is 0 Å². The lowest BCUT2D eigenvalue weighted by Gasteiger charge is -2.10. The lowest BCUT2D eigenvalue weighted by atomic mass is 10.1. The number of nitrogens with one attached hydrogen (secondary N) is 1. The van der Waals surface area contributed by atoms with Crippen LogP contribution in [-0.2, 0) is 13.6 Å². The number of aromatic nitrogens is 2. The molecule has 1 amide bonds. The Morgan fingerprint density at radius 2 is 1.72 bits per heavy atom. The van der Waals surface area contributed by atoms with E-state index >= 15 is 0 Å². The maximum atomic E-state index is 12.5. The van der Waals surface area contributed by atoms with Gasteiger partial charge in [0.2, 0.25) is 0 Å². The lowest BCUT2D eigenvalue weighted by molar-refractivity contribution is 0.0944. The summed E-state index contributed by atoms with van der Waals surface area (Å²) in [5.74, 6) is -0.457. The van der Waals surface area contributed by atoms with Crippen LogP contribution >= 0.6 is 0 Å². The van der Waals surface area contributed by atoms with Crippen molar-refractivity contribution in [2.45, 2.75) is 27.3 Å². The van der Waals surface area contributed by atoms with E-state index in [0.29, 0.717) is 12.1 Å². The van der Waals surface area contributed by atoms with Gasteiger partial charge < -0.3 is 9.88 Å². The van der Waals surface area contributed by atoms with Gasteiger partial charge in [0.25, 0.3) is 11.5 Å². The normalized spacial score (nSPS) is 10.9. The summed E-state index contributed by atoms with van der Waals surface area (Å²) in [4.78, 5) is 29.3. The van der Waals surface area contributed by atoms with Crippen LogP contribution in [0.5, 0.6) is 0 Å². The minimum absolute atomic E-state index is 0.0784. The molecule has 0 aliphatic rings. The summed E-state index contributed by atoms with van der Waals surface area (Å²) in [6.45, 7) is 6.34. The number of hydrogen-bond acceptors (Lipinski definition) is 3. The second-order valence-corrected chi connectivity index (χ2v) is 6.42. The van der Waals surface area contributed by atoms with Crippen molar-refractivity contribution in [2.24, 2.45) is 7.05 Å². The van der Waals surface area contributed by atoms with Gasteiger partial charge in [-0.05, 0) is 49.6 Å². The average molecular weight is 335 g/mol. The number of nitrogens with zero attached hydrogens (tertiary/aromatic N) is 2. The summed E-state index contributed by atoms with van der Waals surface area (Å²) >= 11 is 0. The molecule has 1 N–H and O–H groups in total. The molecule has 3 rings (SSSR count). The molecule has 0 saturated carbocycles. The zero-order valence-electron chi connectivity index (χ0n) is 14.9. The molecule has 3 aromatic rings. The van der Waals surface area contributed by atoms with Gasteiger partial charge in [0.1, 0.15) is 0 Å². The molecule has 0 fully saturated rings. The number of carbonyl (C=O) groups excluding carboxylic acids is 1. The SMILES string of the molecule is Cc1ccc(CNC(=O)c2nc3cc(C)c(C)cc3n(C)c2=O)cc1. The molecular weight excluding hydrogens is 314 g/mol. The highest BCUT2D eigenvalue weighted by atomic mass is 16.2. The number of aryl methyl sites for hydroxylation is 4. The molecule has 0 aliphatic heterocycles. The molecule has 0 aliphatic carbocycles. The van der Waals surface area contributed by atoms with E-state index in [2.05, 4.69) is 10.3 Å². The molecule has 1 aromatic heterocycles. The van der Waals surface area contributed by atoms with Crippen LogP contribution in [0.25, 0.3) is 11.0 Å². The third-order valence-corrected chi connectivity index (χ3v) is 4.48. The van der Waals surface area contributed by atoms with Crippen LogP contribution in [-0.4, -0.2) is 15.5 Å². The van der Waals surface area contributed by atoms with Crippen molar-refractivity contribution >= 4 is 16.9 Å². The topological polar surface area (TPSA) is 64.0 Å². The maximum absolute atomic E-state index is 12.5. The highest BCUT2D eigenvalue weighted by molar-refractivity contribution is 5.94. The number of hydrogen-bond donors (Lipinski definition) is 1. The van der Waals surface area contributed by atoms with Gasteiger partial charge in [-0.15, -0.1) is 0 Å². The minimum atomic E-state index is -0.457. The fraction of sp³-hybridized carbons (Fsp3) is 0.250. The Kier molecular flexibility index (Phi) is 4.40. The molecule has 128 valence electrons. The van der Waals surface area contributed by atoms with Crippen LogP contribution < -0.4 is 10.9 Å². The molecule has 5 heteroatoms. The molecule has 0 atom stereocenters. The van der Waals surface area contributed by atoms with E-state index < -0.39 is 11.5 Å². The highest BCUT2D eigenvalue weighted by Gasteiger charge is 2.16. The third kappa shape index (κ3) is 3.31. The van der Waals surface area contributed by atoms with Gasteiger partial charge in [-0.1, -0.05) is 29.8 Å². The van der Waals surface area contributed by atoms with Gasteiger partial charge in [0.05, 0.1) is 11.0 Å². The van der Waals surface area contributed by atoms with E-state index in [9.17, 15) is 9.59 Å². The second kappa shape index (κ2) is 6.51. The van der Waals surface area contributed by atoms with Crippen LogP contribution in [0.4, 0.5) is 0 Å². The lowest BCUT2D eigenvalue weighted by Crippen LogP contribution is -2.33. The van der Waals surface area contributed by atoms with Gasteiger partial charge in [-0.3, -0.25) is 9.59 Å².